The van der Waals surface area contributed by atoms with E-state index in [1.807, 2.05) is 19.1 Å². The summed E-state index contributed by atoms with van der Waals surface area (Å²) in [6, 6.07) is 6.15. The van der Waals surface area contributed by atoms with Gasteiger partial charge in [-0.1, -0.05) is 30.9 Å². The van der Waals surface area contributed by atoms with Crippen molar-refractivity contribution in [3.05, 3.63) is 28.8 Å². The van der Waals surface area contributed by atoms with Crippen LogP contribution in [0.25, 0.3) is 0 Å². The molecule has 0 aromatic heterocycles. The maximum atomic E-state index is 6.08. The molecule has 1 fully saturated rings. The first-order valence-corrected chi connectivity index (χ1v) is 7.36. The first-order chi connectivity index (χ1) is 8.68. The molecule has 0 saturated carbocycles. The van der Waals surface area contributed by atoms with E-state index in [2.05, 4.69) is 11.0 Å². The van der Waals surface area contributed by atoms with Crippen LogP contribution in [-0.2, 0) is 0 Å². The van der Waals surface area contributed by atoms with E-state index in [9.17, 15) is 0 Å². The van der Waals surface area contributed by atoms with E-state index < -0.39 is 0 Å². The topological polar surface area (TPSA) is 29.3 Å². The zero-order valence-corrected chi connectivity index (χ0v) is 11.9. The van der Waals surface area contributed by atoms with Crippen LogP contribution in [0.15, 0.2) is 18.2 Å². The second-order valence-electron chi connectivity index (χ2n) is 5.25. The quantitative estimate of drug-likeness (QED) is 0.872. The van der Waals surface area contributed by atoms with Crippen LogP contribution in [0.3, 0.4) is 0 Å². The SMILES string of the molecule is CC(N)c1cc(Cl)ccc1N1CCCCCCC1. The molecule has 2 rings (SSSR count). The van der Waals surface area contributed by atoms with Crippen LogP contribution in [0, 0.1) is 0 Å². The Hall–Kier alpha value is -0.730. The lowest BCUT2D eigenvalue weighted by atomic mass is 10.0. The van der Waals surface area contributed by atoms with E-state index in [1.165, 1.54) is 43.4 Å². The van der Waals surface area contributed by atoms with Gasteiger partial charge in [-0.25, -0.2) is 0 Å². The molecule has 1 aliphatic heterocycles. The largest absolute Gasteiger partial charge is 0.371 e. The first kappa shape index (κ1) is 13.7. The van der Waals surface area contributed by atoms with Crippen LogP contribution in [0.1, 0.15) is 50.6 Å². The van der Waals surface area contributed by atoms with Gasteiger partial charge in [0.05, 0.1) is 0 Å². The molecule has 1 unspecified atom stereocenters. The maximum absolute atomic E-state index is 6.08. The van der Waals surface area contributed by atoms with Gasteiger partial charge in [-0.05, 0) is 43.5 Å². The van der Waals surface area contributed by atoms with E-state index in [0.29, 0.717) is 0 Å². The molecule has 1 atom stereocenters. The standard InChI is InChI=1S/C15H23ClN2/c1-12(17)14-11-13(16)7-8-15(14)18-9-5-3-2-4-6-10-18/h7-8,11-12H,2-6,9-10,17H2,1H3. The second kappa shape index (κ2) is 6.44. The molecular formula is C15H23ClN2. The third kappa shape index (κ3) is 3.39. The zero-order valence-electron chi connectivity index (χ0n) is 11.2. The molecular weight excluding hydrogens is 244 g/mol. The van der Waals surface area contributed by atoms with Gasteiger partial charge in [0.15, 0.2) is 0 Å². The summed E-state index contributed by atoms with van der Waals surface area (Å²) < 4.78 is 0. The highest BCUT2D eigenvalue weighted by Gasteiger charge is 2.15. The van der Waals surface area contributed by atoms with Gasteiger partial charge in [0.1, 0.15) is 0 Å². The lowest BCUT2D eigenvalue weighted by Gasteiger charge is -2.30. The van der Waals surface area contributed by atoms with Crippen molar-refractivity contribution in [3.63, 3.8) is 0 Å². The summed E-state index contributed by atoms with van der Waals surface area (Å²) in [6.07, 6.45) is 6.63. The van der Waals surface area contributed by atoms with Gasteiger partial charge in [-0.15, -0.1) is 0 Å². The summed E-state index contributed by atoms with van der Waals surface area (Å²) in [7, 11) is 0. The molecule has 1 aliphatic rings. The normalized spacial score (nSPS) is 19.2. The van der Waals surface area contributed by atoms with E-state index in [-0.39, 0.29) is 6.04 Å². The van der Waals surface area contributed by atoms with Crippen molar-refractivity contribution in [2.45, 2.75) is 45.1 Å². The van der Waals surface area contributed by atoms with Crippen LogP contribution < -0.4 is 10.6 Å². The molecule has 1 aromatic rings. The molecule has 0 aliphatic carbocycles. The number of halogens is 1. The van der Waals surface area contributed by atoms with Gasteiger partial charge in [0.25, 0.3) is 0 Å². The Morgan fingerprint density at radius 1 is 1.11 bits per heavy atom. The van der Waals surface area contributed by atoms with Crippen molar-refractivity contribution in [2.75, 3.05) is 18.0 Å². The van der Waals surface area contributed by atoms with Gasteiger partial charge in [0.2, 0.25) is 0 Å². The number of hydrogen-bond donors (Lipinski definition) is 1. The van der Waals surface area contributed by atoms with Crippen LogP contribution in [0.2, 0.25) is 5.02 Å². The van der Waals surface area contributed by atoms with Crippen molar-refractivity contribution >= 4 is 17.3 Å². The van der Waals surface area contributed by atoms with Crippen LogP contribution in [-0.4, -0.2) is 13.1 Å². The number of nitrogens with zero attached hydrogens (tertiary/aromatic N) is 1. The number of rotatable bonds is 2. The fourth-order valence-electron chi connectivity index (χ4n) is 2.67. The first-order valence-electron chi connectivity index (χ1n) is 6.98. The molecule has 2 nitrogen and oxygen atoms in total. The Labute approximate surface area is 115 Å². The minimum atomic E-state index is 0.0316. The Kier molecular flexibility index (Phi) is 4.90. The molecule has 0 amide bonds. The van der Waals surface area contributed by atoms with E-state index >= 15 is 0 Å². The van der Waals surface area contributed by atoms with Gasteiger partial charge < -0.3 is 10.6 Å². The minimum absolute atomic E-state index is 0.0316. The summed E-state index contributed by atoms with van der Waals surface area (Å²) in [5.74, 6) is 0. The summed E-state index contributed by atoms with van der Waals surface area (Å²) in [6.45, 7) is 4.31. The Balaban J connectivity index is 2.24. The average molecular weight is 267 g/mol. The summed E-state index contributed by atoms with van der Waals surface area (Å²) in [5, 5.41) is 0.776. The van der Waals surface area contributed by atoms with Crippen molar-refractivity contribution < 1.29 is 0 Å². The number of anilines is 1. The van der Waals surface area contributed by atoms with Gasteiger partial charge in [-0.2, -0.15) is 0 Å². The van der Waals surface area contributed by atoms with Crippen LogP contribution in [0.5, 0.6) is 0 Å². The van der Waals surface area contributed by atoms with E-state index in [1.54, 1.807) is 0 Å². The van der Waals surface area contributed by atoms with Gasteiger partial charge >= 0.3 is 0 Å². The van der Waals surface area contributed by atoms with Crippen molar-refractivity contribution in [2.24, 2.45) is 5.73 Å². The molecule has 18 heavy (non-hydrogen) atoms. The summed E-state index contributed by atoms with van der Waals surface area (Å²) >= 11 is 6.08. The zero-order chi connectivity index (χ0) is 13.0. The van der Waals surface area contributed by atoms with Crippen molar-refractivity contribution in [1.29, 1.82) is 0 Å². The highest BCUT2D eigenvalue weighted by Crippen LogP contribution is 2.29. The number of benzene rings is 1. The van der Waals surface area contributed by atoms with Crippen LogP contribution in [0.4, 0.5) is 5.69 Å². The highest BCUT2D eigenvalue weighted by atomic mass is 35.5. The molecule has 0 bridgehead atoms. The third-order valence-corrected chi connectivity index (χ3v) is 3.91. The minimum Gasteiger partial charge on any atom is -0.371 e. The second-order valence-corrected chi connectivity index (χ2v) is 5.68. The molecule has 0 spiro atoms. The molecule has 0 radical (unpaired) electrons. The Bertz CT molecular complexity index is 382. The molecule has 3 heteroatoms. The molecule has 1 saturated heterocycles. The summed E-state index contributed by atoms with van der Waals surface area (Å²) in [5.41, 5.74) is 8.52. The Morgan fingerprint density at radius 3 is 2.33 bits per heavy atom. The Morgan fingerprint density at radius 2 is 1.72 bits per heavy atom. The summed E-state index contributed by atoms with van der Waals surface area (Å²) in [4.78, 5) is 2.48. The number of hydrogen-bond acceptors (Lipinski definition) is 2. The lowest BCUT2D eigenvalue weighted by molar-refractivity contribution is 0.555. The predicted octanol–water partition coefficient (Wildman–Crippen LogP) is 4.13. The van der Waals surface area contributed by atoms with Gasteiger partial charge in [0, 0.05) is 29.8 Å². The van der Waals surface area contributed by atoms with Crippen molar-refractivity contribution in [1.82, 2.24) is 0 Å². The lowest BCUT2D eigenvalue weighted by Crippen LogP contribution is -2.28. The van der Waals surface area contributed by atoms with Crippen molar-refractivity contribution in [3.8, 4) is 0 Å². The van der Waals surface area contributed by atoms with Crippen LogP contribution >= 0.6 is 11.6 Å². The molecule has 2 N–H and O–H groups in total. The molecule has 100 valence electrons. The molecule has 1 heterocycles. The fraction of sp³-hybridized carbons (Fsp3) is 0.600. The smallest absolute Gasteiger partial charge is 0.0415 e. The predicted molar refractivity (Wildman–Crippen MR) is 79.4 cm³/mol. The molecule has 1 aromatic carbocycles. The highest BCUT2D eigenvalue weighted by molar-refractivity contribution is 6.30. The fourth-order valence-corrected chi connectivity index (χ4v) is 2.85. The monoisotopic (exact) mass is 266 g/mol. The number of nitrogens with two attached hydrogens (primary N) is 1. The van der Waals surface area contributed by atoms with Gasteiger partial charge in [-0.3, -0.25) is 0 Å². The maximum Gasteiger partial charge on any atom is 0.0415 e. The third-order valence-electron chi connectivity index (χ3n) is 3.68. The average Bonchev–Trinajstić information content (AvgIpc) is 2.29. The van der Waals surface area contributed by atoms with E-state index in [0.717, 1.165) is 18.1 Å². The van der Waals surface area contributed by atoms with E-state index in [4.69, 9.17) is 17.3 Å².